The van der Waals surface area contributed by atoms with Crippen LogP contribution >= 0.6 is 23.5 Å². The molecule has 3 aromatic rings. The summed E-state index contributed by atoms with van der Waals surface area (Å²) in [6, 6.07) is 12.7. The standard InChI is InChI=1S/C21H18N4O5S2/c1-30-16-8-2-13(3-9-16)22-18(26)12-32-21-23-17-10-11-31-19(17)20(27)24(21)14-4-6-15(7-5-14)25(28)29/h2-9H,10-12H2,1H3,(H,22,26). The number of carbonyl (C=O) groups is 1. The van der Waals surface area contributed by atoms with Gasteiger partial charge in [0.25, 0.3) is 11.2 Å². The van der Waals surface area contributed by atoms with E-state index in [9.17, 15) is 19.7 Å². The number of fused-ring (bicyclic) bond motifs is 1. The fourth-order valence-corrected chi connectivity index (χ4v) is 4.99. The smallest absolute Gasteiger partial charge is 0.272 e. The average molecular weight is 471 g/mol. The summed E-state index contributed by atoms with van der Waals surface area (Å²) >= 11 is 2.59. The SMILES string of the molecule is COc1ccc(NC(=O)CSc2nc3c(c(=O)n2-c2ccc([N+](=O)[O-])cc2)SCC3)cc1. The third kappa shape index (κ3) is 4.63. The molecule has 32 heavy (non-hydrogen) atoms. The Morgan fingerprint density at radius 1 is 1.25 bits per heavy atom. The molecule has 0 radical (unpaired) electrons. The van der Waals surface area contributed by atoms with Gasteiger partial charge in [-0.2, -0.15) is 0 Å². The topological polar surface area (TPSA) is 116 Å². The first-order valence-electron chi connectivity index (χ1n) is 9.56. The van der Waals surface area contributed by atoms with E-state index >= 15 is 0 Å². The second kappa shape index (κ2) is 9.45. The van der Waals surface area contributed by atoms with E-state index in [1.807, 2.05) is 0 Å². The molecule has 11 heteroatoms. The lowest BCUT2D eigenvalue weighted by Crippen LogP contribution is -2.24. The van der Waals surface area contributed by atoms with Crippen LogP contribution in [0, 0.1) is 10.1 Å². The summed E-state index contributed by atoms with van der Waals surface area (Å²) in [5.74, 6) is 1.24. The highest BCUT2D eigenvalue weighted by molar-refractivity contribution is 8.00. The van der Waals surface area contributed by atoms with E-state index in [2.05, 4.69) is 10.3 Å². The average Bonchev–Trinajstić information content (AvgIpc) is 3.27. The molecule has 2 heterocycles. The summed E-state index contributed by atoms with van der Waals surface area (Å²) in [5, 5.41) is 14.1. The van der Waals surface area contributed by atoms with Crippen molar-refractivity contribution >= 4 is 40.8 Å². The predicted octanol–water partition coefficient (Wildman–Crippen LogP) is 3.53. The molecular formula is C21H18N4O5S2. The third-order valence-electron chi connectivity index (χ3n) is 4.69. The van der Waals surface area contributed by atoms with Gasteiger partial charge in [-0.05, 0) is 36.4 Å². The minimum absolute atomic E-state index is 0.0391. The zero-order valence-corrected chi connectivity index (χ0v) is 18.6. The van der Waals surface area contributed by atoms with Crippen LogP contribution in [0.3, 0.4) is 0 Å². The Bertz CT molecular complexity index is 1230. The van der Waals surface area contributed by atoms with Gasteiger partial charge < -0.3 is 10.1 Å². The molecule has 1 aliphatic rings. The molecule has 1 aromatic heterocycles. The fraction of sp³-hybridized carbons (Fsp3) is 0.190. The first kappa shape index (κ1) is 21.9. The lowest BCUT2D eigenvalue weighted by Gasteiger charge is -2.13. The van der Waals surface area contributed by atoms with Crippen LogP contribution in [-0.2, 0) is 11.2 Å². The first-order valence-corrected chi connectivity index (χ1v) is 11.5. The number of carbonyl (C=O) groups excluding carboxylic acids is 1. The number of aromatic nitrogens is 2. The number of anilines is 1. The first-order chi connectivity index (χ1) is 15.5. The normalized spacial score (nSPS) is 12.3. The van der Waals surface area contributed by atoms with Crippen LogP contribution in [-0.4, -0.2) is 39.0 Å². The maximum Gasteiger partial charge on any atom is 0.272 e. The van der Waals surface area contributed by atoms with Crippen molar-refractivity contribution in [3.05, 3.63) is 74.7 Å². The summed E-state index contributed by atoms with van der Waals surface area (Å²) < 4.78 is 6.52. The van der Waals surface area contributed by atoms with E-state index < -0.39 is 4.92 Å². The van der Waals surface area contributed by atoms with Crippen LogP contribution in [0.25, 0.3) is 5.69 Å². The molecule has 0 aliphatic carbocycles. The van der Waals surface area contributed by atoms with Crippen molar-refractivity contribution in [3.63, 3.8) is 0 Å². The van der Waals surface area contributed by atoms with Crippen LogP contribution in [0.15, 0.2) is 63.4 Å². The Kier molecular flexibility index (Phi) is 6.47. The minimum Gasteiger partial charge on any atom is -0.497 e. The van der Waals surface area contributed by atoms with E-state index in [1.54, 1.807) is 31.4 Å². The number of ether oxygens (including phenoxy) is 1. The molecule has 0 atom stereocenters. The van der Waals surface area contributed by atoms with Crippen molar-refractivity contribution in [2.45, 2.75) is 16.5 Å². The molecular weight excluding hydrogens is 452 g/mol. The number of benzene rings is 2. The highest BCUT2D eigenvalue weighted by Crippen LogP contribution is 2.30. The quantitative estimate of drug-likeness (QED) is 0.241. The highest BCUT2D eigenvalue weighted by Gasteiger charge is 2.23. The summed E-state index contributed by atoms with van der Waals surface area (Å²) in [6.07, 6.45) is 0.682. The summed E-state index contributed by atoms with van der Waals surface area (Å²) in [5.41, 5.74) is 1.50. The molecule has 0 unspecified atom stereocenters. The molecule has 0 saturated heterocycles. The number of aryl methyl sites for hydroxylation is 1. The molecule has 4 rings (SSSR count). The number of nitrogens with one attached hydrogen (secondary N) is 1. The van der Waals surface area contributed by atoms with Gasteiger partial charge in [-0.1, -0.05) is 11.8 Å². The van der Waals surface area contributed by atoms with Crippen LogP contribution in [0.5, 0.6) is 5.75 Å². The van der Waals surface area contributed by atoms with Gasteiger partial charge in [0.15, 0.2) is 5.16 Å². The maximum absolute atomic E-state index is 13.1. The molecule has 1 N–H and O–H groups in total. The van der Waals surface area contributed by atoms with Crippen molar-refractivity contribution in [2.24, 2.45) is 0 Å². The number of methoxy groups -OCH3 is 1. The molecule has 0 fully saturated rings. The van der Waals surface area contributed by atoms with E-state index in [4.69, 9.17) is 4.74 Å². The van der Waals surface area contributed by atoms with Gasteiger partial charge >= 0.3 is 0 Å². The predicted molar refractivity (Wildman–Crippen MR) is 123 cm³/mol. The zero-order chi connectivity index (χ0) is 22.7. The van der Waals surface area contributed by atoms with E-state index in [0.29, 0.717) is 33.6 Å². The number of amides is 1. The molecule has 0 spiro atoms. The summed E-state index contributed by atoms with van der Waals surface area (Å²) in [6.45, 7) is 0. The number of rotatable bonds is 7. The number of nitrogens with zero attached hydrogens (tertiary/aromatic N) is 3. The van der Waals surface area contributed by atoms with Crippen molar-refractivity contribution < 1.29 is 14.5 Å². The van der Waals surface area contributed by atoms with E-state index in [-0.39, 0.29) is 22.9 Å². The van der Waals surface area contributed by atoms with Crippen LogP contribution in [0.4, 0.5) is 11.4 Å². The highest BCUT2D eigenvalue weighted by atomic mass is 32.2. The molecule has 0 bridgehead atoms. The van der Waals surface area contributed by atoms with Gasteiger partial charge in [0.2, 0.25) is 5.91 Å². The Hall–Kier alpha value is -3.31. The molecule has 164 valence electrons. The van der Waals surface area contributed by atoms with Gasteiger partial charge in [-0.3, -0.25) is 24.3 Å². The Morgan fingerprint density at radius 2 is 1.97 bits per heavy atom. The molecule has 1 aliphatic heterocycles. The van der Waals surface area contributed by atoms with Gasteiger partial charge in [0.05, 0.1) is 34.1 Å². The summed E-state index contributed by atoms with van der Waals surface area (Å²) in [4.78, 5) is 41.3. The van der Waals surface area contributed by atoms with Gasteiger partial charge in [0.1, 0.15) is 5.75 Å². The van der Waals surface area contributed by atoms with Gasteiger partial charge in [-0.15, -0.1) is 11.8 Å². The second-order valence-corrected chi connectivity index (χ2v) is 8.80. The number of nitro benzene ring substituents is 1. The van der Waals surface area contributed by atoms with E-state index in [0.717, 1.165) is 23.2 Å². The van der Waals surface area contributed by atoms with Gasteiger partial charge in [0, 0.05) is 30.0 Å². The Balaban J connectivity index is 1.58. The van der Waals surface area contributed by atoms with Crippen molar-refractivity contribution in [1.29, 1.82) is 0 Å². The van der Waals surface area contributed by atoms with Crippen LogP contribution in [0.2, 0.25) is 0 Å². The summed E-state index contributed by atoms with van der Waals surface area (Å²) in [7, 11) is 1.57. The van der Waals surface area contributed by atoms with E-state index in [1.165, 1.54) is 40.6 Å². The third-order valence-corrected chi connectivity index (χ3v) is 6.74. The zero-order valence-electron chi connectivity index (χ0n) is 16.9. The number of thioether (sulfide) groups is 2. The lowest BCUT2D eigenvalue weighted by molar-refractivity contribution is -0.384. The van der Waals surface area contributed by atoms with Crippen LogP contribution in [0.1, 0.15) is 5.69 Å². The second-order valence-electron chi connectivity index (χ2n) is 6.75. The number of nitro groups is 1. The van der Waals surface area contributed by atoms with Crippen molar-refractivity contribution in [1.82, 2.24) is 9.55 Å². The molecule has 9 nitrogen and oxygen atoms in total. The Morgan fingerprint density at radius 3 is 2.62 bits per heavy atom. The molecule has 1 amide bonds. The number of non-ortho nitro benzene ring substituents is 1. The monoisotopic (exact) mass is 470 g/mol. The fourth-order valence-electron chi connectivity index (χ4n) is 3.14. The van der Waals surface area contributed by atoms with Crippen molar-refractivity contribution in [3.8, 4) is 11.4 Å². The Labute approximate surface area is 191 Å². The molecule has 2 aromatic carbocycles. The number of hydrogen-bond acceptors (Lipinski definition) is 8. The minimum atomic E-state index is -0.498. The number of hydrogen-bond donors (Lipinski definition) is 1. The van der Waals surface area contributed by atoms with Gasteiger partial charge in [-0.25, -0.2) is 4.98 Å². The lowest BCUT2D eigenvalue weighted by atomic mass is 10.2. The van der Waals surface area contributed by atoms with Crippen molar-refractivity contribution in [2.75, 3.05) is 23.9 Å². The maximum atomic E-state index is 13.1. The largest absolute Gasteiger partial charge is 0.497 e. The van der Waals surface area contributed by atoms with Crippen LogP contribution < -0.4 is 15.6 Å². The molecule has 0 saturated carbocycles.